The highest BCUT2D eigenvalue weighted by Crippen LogP contribution is 2.19. The third-order valence-electron chi connectivity index (χ3n) is 4.72. The van der Waals surface area contributed by atoms with Crippen LogP contribution >= 0.6 is 0 Å². The van der Waals surface area contributed by atoms with Gasteiger partial charge in [-0.2, -0.15) is 0 Å². The van der Waals surface area contributed by atoms with E-state index in [2.05, 4.69) is 5.32 Å². The zero-order chi connectivity index (χ0) is 17.5. The third kappa shape index (κ3) is 5.34. The standard InChI is InChI=1S/C17H31N3O4/c1-13(2)11-15(18-17(23)20-7-3-4-10-24-20)16(22)19-8-5-14(12-21)6-9-19/h13-15,21H,3-12H2,1-2H3,(H,18,23). The monoisotopic (exact) mass is 341 g/mol. The Morgan fingerprint density at radius 3 is 2.46 bits per heavy atom. The first-order chi connectivity index (χ1) is 11.5. The SMILES string of the molecule is CC(C)CC(NC(=O)N1CCCCO1)C(=O)N1CCC(CO)CC1. The van der Waals surface area contributed by atoms with Crippen LogP contribution in [-0.4, -0.2) is 65.9 Å². The third-order valence-corrected chi connectivity index (χ3v) is 4.72. The molecule has 1 unspecified atom stereocenters. The Labute approximate surface area is 144 Å². The van der Waals surface area contributed by atoms with Crippen LogP contribution in [0.3, 0.4) is 0 Å². The van der Waals surface area contributed by atoms with Gasteiger partial charge in [0.2, 0.25) is 5.91 Å². The van der Waals surface area contributed by atoms with Gasteiger partial charge in [-0.15, -0.1) is 0 Å². The number of rotatable bonds is 5. The lowest BCUT2D eigenvalue weighted by Gasteiger charge is -2.35. The van der Waals surface area contributed by atoms with E-state index in [1.807, 2.05) is 18.7 Å². The molecule has 1 atom stereocenters. The highest BCUT2D eigenvalue weighted by atomic mass is 16.7. The fourth-order valence-electron chi connectivity index (χ4n) is 3.23. The molecule has 2 aliphatic rings. The maximum absolute atomic E-state index is 12.8. The van der Waals surface area contributed by atoms with Crippen molar-refractivity contribution in [3.8, 4) is 0 Å². The lowest BCUT2D eigenvalue weighted by atomic mass is 9.96. The topological polar surface area (TPSA) is 82.1 Å². The summed E-state index contributed by atoms with van der Waals surface area (Å²) in [5.74, 6) is 0.566. The highest BCUT2D eigenvalue weighted by molar-refractivity contribution is 5.87. The van der Waals surface area contributed by atoms with E-state index >= 15 is 0 Å². The van der Waals surface area contributed by atoms with Gasteiger partial charge in [0.05, 0.1) is 13.2 Å². The van der Waals surface area contributed by atoms with E-state index in [4.69, 9.17) is 4.84 Å². The molecule has 2 N–H and O–H groups in total. The number of aliphatic hydroxyl groups excluding tert-OH is 1. The number of hydrogen-bond donors (Lipinski definition) is 2. The molecule has 2 heterocycles. The largest absolute Gasteiger partial charge is 0.396 e. The average Bonchev–Trinajstić information content (AvgIpc) is 2.61. The summed E-state index contributed by atoms with van der Waals surface area (Å²) < 4.78 is 0. The number of piperidine rings is 1. The van der Waals surface area contributed by atoms with Crippen molar-refractivity contribution < 1.29 is 19.5 Å². The number of likely N-dealkylation sites (tertiary alicyclic amines) is 1. The lowest BCUT2D eigenvalue weighted by molar-refractivity contribution is -0.143. The summed E-state index contributed by atoms with van der Waals surface area (Å²) in [5, 5.41) is 13.4. The Kier molecular flexibility index (Phi) is 7.30. The second-order valence-electron chi connectivity index (χ2n) is 7.23. The molecule has 0 spiro atoms. The highest BCUT2D eigenvalue weighted by Gasteiger charge is 2.31. The molecule has 3 amide bonds. The minimum absolute atomic E-state index is 0.0227. The number of hydroxylamine groups is 2. The van der Waals surface area contributed by atoms with Crippen LogP contribution in [0.25, 0.3) is 0 Å². The number of hydrogen-bond acceptors (Lipinski definition) is 4. The maximum Gasteiger partial charge on any atom is 0.341 e. The van der Waals surface area contributed by atoms with E-state index in [0.29, 0.717) is 38.6 Å². The molecule has 2 rings (SSSR count). The van der Waals surface area contributed by atoms with Gasteiger partial charge in [-0.25, -0.2) is 9.86 Å². The lowest BCUT2D eigenvalue weighted by Crippen LogP contribution is -2.54. The van der Waals surface area contributed by atoms with E-state index in [9.17, 15) is 14.7 Å². The van der Waals surface area contributed by atoms with Crippen LogP contribution in [-0.2, 0) is 9.63 Å². The molecule has 138 valence electrons. The van der Waals surface area contributed by atoms with E-state index in [-0.39, 0.29) is 24.5 Å². The number of nitrogens with one attached hydrogen (secondary N) is 1. The molecule has 0 saturated carbocycles. The molecule has 0 bridgehead atoms. The first kappa shape index (κ1) is 19.0. The Morgan fingerprint density at radius 2 is 1.92 bits per heavy atom. The second kappa shape index (κ2) is 9.22. The minimum Gasteiger partial charge on any atom is -0.396 e. The molecule has 0 aliphatic carbocycles. The average molecular weight is 341 g/mol. The van der Waals surface area contributed by atoms with Gasteiger partial charge >= 0.3 is 6.03 Å². The summed E-state index contributed by atoms with van der Waals surface area (Å²) in [6, 6.07) is -0.840. The molecule has 2 saturated heterocycles. The van der Waals surface area contributed by atoms with Gasteiger partial charge in [0, 0.05) is 19.7 Å². The first-order valence-corrected chi connectivity index (χ1v) is 9.11. The smallest absolute Gasteiger partial charge is 0.341 e. The van der Waals surface area contributed by atoms with Crippen LogP contribution in [0.4, 0.5) is 4.79 Å². The molecule has 0 aromatic heterocycles. The molecule has 0 aromatic rings. The number of urea groups is 1. The molecule has 0 aromatic carbocycles. The van der Waals surface area contributed by atoms with Crippen molar-refractivity contribution in [2.75, 3.05) is 32.8 Å². The molecule has 2 aliphatic heterocycles. The van der Waals surface area contributed by atoms with Gasteiger partial charge in [0.25, 0.3) is 0 Å². The normalized spacial score (nSPS) is 21.0. The van der Waals surface area contributed by atoms with Crippen LogP contribution < -0.4 is 5.32 Å². The van der Waals surface area contributed by atoms with Crippen LogP contribution in [0.15, 0.2) is 0 Å². The fourth-order valence-corrected chi connectivity index (χ4v) is 3.23. The molecular weight excluding hydrogens is 310 g/mol. The molecular formula is C17H31N3O4. The molecule has 24 heavy (non-hydrogen) atoms. The van der Waals surface area contributed by atoms with Crippen molar-refractivity contribution in [1.82, 2.24) is 15.3 Å². The van der Waals surface area contributed by atoms with Gasteiger partial charge in [0.1, 0.15) is 6.04 Å². The van der Waals surface area contributed by atoms with Crippen molar-refractivity contribution >= 4 is 11.9 Å². The second-order valence-corrected chi connectivity index (χ2v) is 7.23. The van der Waals surface area contributed by atoms with Crippen molar-refractivity contribution in [2.24, 2.45) is 11.8 Å². The summed E-state index contributed by atoms with van der Waals surface area (Å²) in [6.07, 6.45) is 4.13. The Morgan fingerprint density at radius 1 is 1.21 bits per heavy atom. The van der Waals surface area contributed by atoms with Gasteiger partial charge in [0.15, 0.2) is 0 Å². The van der Waals surface area contributed by atoms with Crippen LogP contribution in [0, 0.1) is 11.8 Å². The summed E-state index contributed by atoms with van der Waals surface area (Å²) in [7, 11) is 0. The Bertz CT molecular complexity index is 416. The van der Waals surface area contributed by atoms with Gasteiger partial charge < -0.3 is 15.3 Å². The number of aliphatic hydroxyl groups is 1. The minimum atomic E-state index is -0.520. The van der Waals surface area contributed by atoms with Crippen molar-refractivity contribution in [3.63, 3.8) is 0 Å². The van der Waals surface area contributed by atoms with Crippen LogP contribution in [0.2, 0.25) is 0 Å². The Hall–Kier alpha value is -1.34. The Balaban J connectivity index is 1.93. The first-order valence-electron chi connectivity index (χ1n) is 9.11. The zero-order valence-corrected chi connectivity index (χ0v) is 14.9. The number of carbonyl (C=O) groups excluding carboxylic acids is 2. The van der Waals surface area contributed by atoms with E-state index < -0.39 is 6.04 Å². The van der Waals surface area contributed by atoms with Gasteiger partial charge in [-0.3, -0.25) is 9.63 Å². The predicted molar refractivity (Wildman–Crippen MR) is 90.1 cm³/mol. The quantitative estimate of drug-likeness (QED) is 0.791. The maximum atomic E-state index is 12.8. The molecule has 7 nitrogen and oxygen atoms in total. The molecule has 0 radical (unpaired) electrons. The fraction of sp³-hybridized carbons (Fsp3) is 0.882. The van der Waals surface area contributed by atoms with Crippen LogP contribution in [0.1, 0.15) is 46.0 Å². The van der Waals surface area contributed by atoms with E-state index in [0.717, 1.165) is 25.7 Å². The van der Waals surface area contributed by atoms with Crippen LogP contribution in [0.5, 0.6) is 0 Å². The van der Waals surface area contributed by atoms with Crippen molar-refractivity contribution in [1.29, 1.82) is 0 Å². The number of carbonyl (C=O) groups is 2. The predicted octanol–water partition coefficient (Wildman–Crippen LogP) is 1.37. The van der Waals surface area contributed by atoms with Crippen molar-refractivity contribution in [2.45, 2.75) is 52.0 Å². The van der Waals surface area contributed by atoms with E-state index in [1.54, 1.807) is 0 Å². The van der Waals surface area contributed by atoms with E-state index in [1.165, 1.54) is 5.06 Å². The number of amides is 3. The van der Waals surface area contributed by atoms with Crippen molar-refractivity contribution in [3.05, 3.63) is 0 Å². The summed E-state index contributed by atoms with van der Waals surface area (Å²) in [5.41, 5.74) is 0. The van der Waals surface area contributed by atoms with Gasteiger partial charge in [-0.05, 0) is 43.9 Å². The van der Waals surface area contributed by atoms with Gasteiger partial charge in [-0.1, -0.05) is 13.8 Å². The zero-order valence-electron chi connectivity index (χ0n) is 14.9. The summed E-state index contributed by atoms with van der Waals surface area (Å²) in [4.78, 5) is 32.4. The number of nitrogens with zero attached hydrogens (tertiary/aromatic N) is 2. The molecule has 7 heteroatoms. The summed E-state index contributed by atoms with van der Waals surface area (Å²) in [6.45, 7) is 6.68. The molecule has 2 fully saturated rings. The summed E-state index contributed by atoms with van der Waals surface area (Å²) >= 11 is 0.